The third-order valence-electron chi connectivity index (χ3n) is 7.56. The number of nitrogens with zero attached hydrogens (tertiary/aromatic N) is 2. The summed E-state index contributed by atoms with van der Waals surface area (Å²) in [5, 5.41) is 10.8. The average molecular weight is 521 g/mol. The zero-order valence-corrected chi connectivity index (χ0v) is 21.9. The molecule has 6 atom stereocenters. The summed E-state index contributed by atoms with van der Waals surface area (Å²) in [6.45, 7) is 9.65. The number of rotatable bonds is 9. The van der Waals surface area contributed by atoms with Crippen LogP contribution in [0.25, 0.3) is 0 Å². The Morgan fingerprint density at radius 3 is 2.63 bits per heavy atom. The summed E-state index contributed by atoms with van der Waals surface area (Å²) >= 11 is 7.67. The maximum absolute atomic E-state index is 14.4. The van der Waals surface area contributed by atoms with Crippen molar-refractivity contribution in [3.63, 3.8) is 0 Å². The van der Waals surface area contributed by atoms with Crippen LogP contribution < -0.4 is 4.90 Å². The molecular formula is C26H33ClN2O5S. The van der Waals surface area contributed by atoms with Gasteiger partial charge in [-0.3, -0.25) is 14.4 Å². The highest BCUT2D eigenvalue weighted by molar-refractivity contribution is 8.02. The fourth-order valence-electron chi connectivity index (χ4n) is 6.07. The molecule has 1 spiro atoms. The van der Waals surface area contributed by atoms with Gasteiger partial charge in [0.2, 0.25) is 5.91 Å². The van der Waals surface area contributed by atoms with Crippen LogP contribution in [0.1, 0.15) is 33.6 Å². The zero-order valence-electron chi connectivity index (χ0n) is 20.4. The van der Waals surface area contributed by atoms with Crippen LogP contribution >= 0.6 is 23.4 Å². The minimum Gasteiger partial charge on any atom is -0.466 e. The highest BCUT2D eigenvalue weighted by atomic mass is 35.5. The summed E-state index contributed by atoms with van der Waals surface area (Å²) in [5.41, 5.74) is 0.649. The molecule has 35 heavy (non-hydrogen) atoms. The zero-order chi connectivity index (χ0) is 25.5. The number of amides is 2. The molecule has 190 valence electrons. The fourth-order valence-corrected chi connectivity index (χ4v) is 8.39. The molecule has 2 bridgehead atoms. The number of ether oxygens (including phenoxy) is 1. The van der Waals surface area contributed by atoms with Gasteiger partial charge in [0.05, 0.1) is 35.8 Å². The van der Waals surface area contributed by atoms with E-state index in [9.17, 15) is 19.5 Å². The van der Waals surface area contributed by atoms with Gasteiger partial charge in [0.15, 0.2) is 0 Å². The van der Waals surface area contributed by atoms with Crippen molar-refractivity contribution in [2.45, 2.75) is 55.7 Å². The molecule has 0 radical (unpaired) electrons. The van der Waals surface area contributed by atoms with Crippen LogP contribution in [-0.2, 0) is 19.1 Å². The van der Waals surface area contributed by atoms with Crippen molar-refractivity contribution in [3.8, 4) is 0 Å². The van der Waals surface area contributed by atoms with E-state index in [2.05, 4.69) is 6.58 Å². The standard InChI is InChI=1S/C26H33ClN2O5S/c1-5-13-28(17-9-7-16(27)8-10-17)24(32)22-26-12-11-19(35-26)20(25(33)34-6-2)21(26)23(31)29(22)18(14-30)15(3)4/h5,7-10,15,18-22,30H,1,6,11-14H2,2-4H3/t18-,19+,20-,21-,22?,26?/m0/s1. The molecule has 4 rings (SSSR count). The van der Waals surface area contributed by atoms with E-state index in [1.807, 2.05) is 13.8 Å². The molecule has 3 saturated heterocycles. The number of halogens is 1. The molecule has 1 N–H and O–H groups in total. The quantitative estimate of drug-likeness (QED) is 0.396. The van der Waals surface area contributed by atoms with E-state index in [0.29, 0.717) is 17.1 Å². The van der Waals surface area contributed by atoms with Crippen molar-refractivity contribution in [1.29, 1.82) is 0 Å². The van der Waals surface area contributed by atoms with E-state index in [1.54, 1.807) is 58.8 Å². The van der Waals surface area contributed by atoms with Crippen LogP contribution in [0.15, 0.2) is 36.9 Å². The molecule has 0 aromatic heterocycles. The van der Waals surface area contributed by atoms with Crippen molar-refractivity contribution in [1.82, 2.24) is 4.90 Å². The Bertz CT molecular complexity index is 1000. The predicted octanol–water partition coefficient (Wildman–Crippen LogP) is 3.53. The van der Waals surface area contributed by atoms with Gasteiger partial charge in [-0.1, -0.05) is 31.5 Å². The highest BCUT2D eigenvalue weighted by Crippen LogP contribution is 2.67. The maximum Gasteiger partial charge on any atom is 0.310 e. The fraction of sp³-hybridized carbons (Fsp3) is 0.577. The number of aliphatic hydroxyl groups is 1. The van der Waals surface area contributed by atoms with E-state index in [0.717, 1.165) is 6.42 Å². The summed E-state index contributed by atoms with van der Waals surface area (Å²) in [4.78, 5) is 44.6. The Morgan fingerprint density at radius 2 is 2.06 bits per heavy atom. The molecule has 9 heteroatoms. The number of carbonyl (C=O) groups is 3. The first-order valence-corrected chi connectivity index (χ1v) is 13.4. The van der Waals surface area contributed by atoms with Crippen LogP contribution in [0.5, 0.6) is 0 Å². The Labute approximate surface area is 215 Å². The number of benzene rings is 1. The molecule has 2 amide bonds. The lowest BCUT2D eigenvalue weighted by atomic mass is 9.71. The lowest BCUT2D eigenvalue weighted by Gasteiger charge is -2.40. The minimum atomic E-state index is -0.815. The second-order valence-corrected chi connectivity index (χ2v) is 11.8. The van der Waals surface area contributed by atoms with Crippen molar-refractivity contribution >= 4 is 46.8 Å². The van der Waals surface area contributed by atoms with Crippen molar-refractivity contribution < 1.29 is 24.2 Å². The summed E-state index contributed by atoms with van der Waals surface area (Å²) in [6, 6.07) is 5.62. The Balaban J connectivity index is 1.82. The number of esters is 1. The molecular weight excluding hydrogens is 488 g/mol. The third kappa shape index (κ3) is 4.17. The number of hydrogen-bond donors (Lipinski definition) is 1. The van der Waals surface area contributed by atoms with Gasteiger partial charge >= 0.3 is 5.97 Å². The molecule has 3 fully saturated rings. The molecule has 1 aromatic rings. The van der Waals surface area contributed by atoms with Gasteiger partial charge in [-0.15, -0.1) is 18.3 Å². The first-order chi connectivity index (χ1) is 16.7. The SMILES string of the molecule is C=CCN(C(=O)C1N([C@@H](CO)C(C)C)C(=O)[C@@H]2[C@@H](C(=O)OCC)[C@H]3CCC12S3)c1ccc(Cl)cc1. The molecule has 2 unspecified atom stereocenters. The number of fused-ring (bicyclic) bond motifs is 1. The van der Waals surface area contributed by atoms with Crippen molar-refractivity contribution in [2.75, 3.05) is 24.7 Å². The van der Waals surface area contributed by atoms with Gasteiger partial charge < -0.3 is 19.6 Å². The smallest absolute Gasteiger partial charge is 0.310 e. The maximum atomic E-state index is 14.4. The van der Waals surface area contributed by atoms with E-state index in [4.69, 9.17) is 16.3 Å². The lowest BCUT2D eigenvalue weighted by Crippen LogP contribution is -2.58. The summed E-state index contributed by atoms with van der Waals surface area (Å²) in [5.74, 6) is -2.16. The molecule has 0 aliphatic carbocycles. The van der Waals surface area contributed by atoms with E-state index >= 15 is 0 Å². The van der Waals surface area contributed by atoms with Gasteiger partial charge in [-0.05, 0) is 49.9 Å². The third-order valence-corrected chi connectivity index (χ3v) is 9.76. The average Bonchev–Trinajstić information content (AvgIpc) is 3.46. The number of aliphatic hydroxyl groups excluding tert-OH is 1. The summed E-state index contributed by atoms with van der Waals surface area (Å²) < 4.78 is 4.62. The van der Waals surface area contributed by atoms with Crippen LogP contribution in [0, 0.1) is 17.8 Å². The molecule has 3 aliphatic heterocycles. The van der Waals surface area contributed by atoms with Crippen LogP contribution in [-0.4, -0.2) is 69.6 Å². The van der Waals surface area contributed by atoms with Gasteiger partial charge in [-0.2, -0.15) is 0 Å². The molecule has 1 aromatic carbocycles. The van der Waals surface area contributed by atoms with Crippen LogP contribution in [0.4, 0.5) is 5.69 Å². The molecule has 3 heterocycles. The Kier molecular flexibility index (Phi) is 7.55. The van der Waals surface area contributed by atoms with Crippen LogP contribution in [0.2, 0.25) is 5.02 Å². The lowest BCUT2D eigenvalue weighted by molar-refractivity contribution is -0.154. The van der Waals surface area contributed by atoms with Crippen molar-refractivity contribution in [3.05, 3.63) is 41.9 Å². The van der Waals surface area contributed by atoms with Gasteiger partial charge in [0, 0.05) is 22.5 Å². The second-order valence-electron chi connectivity index (χ2n) is 9.76. The van der Waals surface area contributed by atoms with E-state index in [1.165, 1.54) is 0 Å². The van der Waals surface area contributed by atoms with Gasteiger partial charge in [0.25, 0.3) is 5.91 Å². The van der Waals surface area contributed by atoms with Crippen LogP contribution in [0.3, 0.4) is 0 Å². The monoisotopic (exact) mass is 520 g/mol. The first kappa shape index (κ1) is 26.0. The molecule has 3 aliphatic rings. The first-order valence-electron chi connectivity index (χ1n) is 12.2. The van der Waals surface area contributed by atoms with Gasteiger partial charge in [-0.25, -0.2) is 0 Å². The number of anilines is 1. The predicted molar refractivity (Wildman–Crippen MR) is 137 cm³/mol. The largest absolute Gasteiger partial charge is 0.466 e. The molecule has 0 saturated carbocycles. The summed E-state index contributed by atoms with van der Waals surface area (Å²) in [7, 11) is 0. The summed E-state index contributed by atoms with van der Waals surface area (Å²) in [6.07, 6.45) is 3.04. The van der Waals surface area contributed by atoms with Gasteiger partial charge in [0.1, 0.15) is 6.04 Å². The van der Waals surface area contributed by atoms with E-state index in [-0.39, 0.29) is 48.7 Å². The number of hydrogen-bond acceptors (Lipinski definition) is 6. The number of carbonyl (C=O) groups excluding carboxylic acids is 3. The Hall–Kier alpha value is -2.03. The molecule has 7 nitrogen and oxygen atoms in total. The number of thioether (sulfide) groups is 1. The topological polar surface area (TPSA) is 87.2 Å². The normalized spacial score (nSPS) is 29.9. The van der Waals surface area contributed by atoms with E-state index < -0.39 is 28.7 Å². The number of likely N-dealkylation sites (tertiary alicyclic amines) is 1. The minimum absolute atomic E-state index is 0.0598. The highest BCUT2D eigenvalue weighted by Gasteiger charge is 2.75. The van der Waals surface area contributed by atoms with Crippen molar-refractivity contribution in [2.24, 2.45) is 17.8 Å². The Morgan fingerprint density at radius 1 is 1.37 bits per heavy atom. The second kappa shape index (κ2) is 10.1.